The molecule has 2 aliphatic rings. The Kier molecular flexibility index (Phi) is 6.85. The summed E-state index contributed by atoms with van der Waals surface area (Å²) in [5.74, 6) is -0.303. The Morgan fingerprint density at radius 3 is 2.54 bits per heavy atom. The zero-order chi connectivity index (χ0) is 17.5. The lowest BCUT2D eigenvalue weighted by Gasteiger charge is -2.38. The van der Waals surface area contributed by atoms with Crippen molar-refractivity contribution in [3.8, 4) is 0 Å². The Labute approximate surface area is 144 Å². The van der Waals surface area contributed by atoms with Crippen LogP contribution >= 0.6 is 0 Å². The summed E-state index contributed by atoms with van der Waals surface area (Å²) < 4.78 is 5.17. The predicted molar refractivity (Wildman–Crippen MR) is 93.3 cm³/mol. The lowest BCUT2D eigenvalue weighted by atomic mass is 9.96. The molecule has 1 atom stereocenters. The monoisotopic (exact) mass is 335 g/mol. The van der Waals surface area contributed by atoms with Crippen molar-refractivity contribution in [1.29, 1.82) is 0 Å². The molecule has 0 aliphatic carbocycles. The first-order chi connectivity index (χ1) is 11.6. The van der Waals surface area contributed by atoms with Crippen LogP contribution in [0.4, 0.5) is 0 Å². The summed E-state index contributed by atoms with van der Waals surface area (Å²) in [5, 5.41) is 3.32. The fourth-order valence-corrected chi connectivity index (χ4v) is 3.48. The average Bonchev–Trinajstić information content (AvgIpc) is 2.60. The number of esters is 1. The average molecular weight is 335 g/mol. The minimum Gasteiger partial charge on any atom is -0.466 e. The molecule has 1 unspecified atom stereocenters. The summed E-state index contributed by atoms with van der Waals surface area (Å²) >= 11 is 0. The van der Waals surface area contributed by atoms with Crippen LogP contribution in [-0.2, 0) is 14.3 Å². The molecule has 24 heavy (non-hydrogen) atoms. The highest BCUT2D eigenvalue weighted by molar-refractivity contribution is 5.94. The van der Waals surface area contributed by atoms with Crippen molar-refractivity contribution in [1.82, 2.24) is 15.1 Å². The van der Waals surface area contributed by atoms with E-state index in [1.54, 1.807) is 13.0 Å². The first kappa shape index (κ1) is 18.5. The van der Waals surface area contributed by atoms with Crippen LogP contribution in [0, 0.1) is 5.92 Å². The molecule has 6 nitrogen and oxygen atoms in total. The molecule has 0 amide bonds. The number of carbonyl (C=O) groups excluding carboxylic acids is 2. The van der Waals surface area contributed by atoms with Gasteiger partial charge in [-0.3, -0.25) is 9.59 Å². The van der Waals surface area contributed by atoms with Gasteiger partial charge in [-0.1, -0.05) is 6.58 Å². The van der Waals surface area contributed by atoms with Gasteiger partial charge in [0.2, 0.25) is 0 Å². The van der Waals surface area contributed by atoms with Crippen LogP contribution in [0.3, 0.4) is 0 Å². The van der Waals surface area contributed by atoms with Gasteiger partial charge in [0, 0.05) is 46.2 Å². The summed E-state index contributed by atoms with van der Waals surface area (Å²) in [5.41, 5.74) is 1.56. The number of Topliss-reactive ketones (excluding diaryl/α,β-unsaturated/α-hetero) is 1. The molecule has 0 bridgehead atoms. The fourth-order valence-electron chi connectivity index (χ4n) is 3.48. The number of carbonyl (C=O) groups is 2. The second-order valence-corrected chi connectivity index (χ2v) is 6.27. The molecule has 2 heterocycles. The molecule has 0 aromatic heterocycles. The highest BCUT2D eigenvalue weighted by Gasteiger charge is 2.31. The first-order valence-electron chi connectivity index (χ1n) is 8.83. The van der Waals surface area contributed by atoms with E-state index >= 15 is 0 Å². The summed E-state index contributed by atoms with van der Waals surface area (Å²) in [7, 11) is 0. The van der Waals surface area contributed by atoms with E-state index < -0.39 is 0 Å². The van der Waals surface area contributed by atoms with Gasteiger partial charge in [0.1, 0.15) is 5.70 Å². The maximum atomic E-state index is 12.4. The third-order valence-electron chi connectivity index (χ3n) is 4.58. The molecule has 0 saturated carbocycles. The Hall–Kier alpha value is -1.82. The number of nitrogens with zero attached hydrogens (tertiary/aromatic N) is 2. The van der Waals surface area contributed by atoms with E-state index in [2.05, 4.69) is 16.8 Å². The van der Waals surface area contributed by atoms with Crippen LogP contribution in [0.2, 0.25) is 0 Å². The Bertz CT molecular complexity index is 510. The van der Waals surface area contributed by atoms with Gasteiger partial charge in [-0.15, -0.1) is 0 Å². The van der Waals surface area contributed by atoms with E-state index in [1.807, 2.05) is 11.8 Å². The second-order valence-electron chi connectivity index (χ2n) is 6.27. The number of hydrogen-bond acceptors (Lipinski definition) is 6. The van der Waals surface area contributed by atoms with E-state index in [9.17, 15) is 9.59 Å². The number of likely N-dealkylation sites (tertiary alicyclic amines) is 1. The Balaban J connectivity index is 2.24. The summed E-state index contributed by atoms with van der Waals surface area (Å²) in [6.45, 7) is 12.6. The maximum Gasteiger partial charge on any atom is 0.310 e. The van der Waals surface area contributed by atoms with Crippen molar-refractivity contribution in [2.24, 2.45) is 5.92 Å². The van der Waals surface area contributed by atoms with Crippen LogP contribution in [0.25, 0.3) is 0 Å². The molecule has 134 valence electrons. The van der Waals surface area contributed by atoms with Gasteiger partial charge < -0.3 is 19.9 Å². The van der Waals surface area contributed by atoms with Crippen molar-refractivity contribution in [2.75, 3.05) is 45.9 Å². The van der Waals surface area contributed by atoms with Crippen LogP contribution in [-0.4, -0.2) is 67.4 Å². The molecular weight excluding hydrogens is 306 g/mol. The van der Waals surface area contributed by atoms with Crippen LogP contribution in [0.5, 0.6) is 0 Å². The van der Waals surface area contributed by atoms with Crippen molar-refractivity contribution in [3.63, 3.8) is 0 Å². The smallest absolute Gasteiger partial charge is 0.310 e. The summed E-state index contributed by atoms with van der Waals surface area (Å²) in [6, 6.07) is 0. The Morgan fingerprint density at radius 1 is 1.25 bits per heavy atom. The van der Waals surface area contributed by atoms with Crippen molar-refractivity contribution >= 4 is 11.8 Å². The third-order valence-corrected chi connectivity index (χ3v) is 4.58. The topological polar surface area (TPSA) is 61.9 Å². The minimum absolute atomic E-state index is 0.0212. The van der Waals surface area contributed by atoms with E-state index in [4.69, 9.17) is 4.74 Å². The predicted octanol–water partition coefficient (Wildman–Crippen LogP) is 1.15. The number of allylic oxidation sites excluding steroid dienone is 2. The minimum atomic E-state index is -0.165. The lowest BCUT2D eigenvalue weighted by Crippen LogP contribution is -2.46. The largest absolute Gasteiger partial charge is 0.466 e. The molecule has 2 fully saturated rings. The molecule has 1 N–H and O–H groups in total. The molecule has 0 radical (unpaired) electrons. The molecule has 2 saturated heterocycles. The van der Waals surface area contributed by atoms with Gasteiger partial charge in [0.05, 0.1) is 18.2 Å². The standard InChI is InChI=1S/C18H29N3O3/c1-4-16(20-11-8-19-9-12-20)17(14(3)22)21-10-6-7-15(13-21)18(23)24-5-2/h4,15,19H,1,5-13H2,2-3H3/b17-16-. The van der Waals surface area contributed by atoms with Gasteiger partial charge in [-0.25, -0.2) is 0 Å². The number of piperidine rings is 1. The number of ketones is 1. The lowest BCUT2D eigenvalue weighted by molar-refractivity contribution is -0.149. The van der Waals surface area contributed by atoms with Gasteiger partial charge in [-0.2, -0.15) is 0 Å². The second kappa shape index (κ2) is 8.87. The number of ether oxygens (including phenoxy) is 1. The van der Waals surface area contributed by atoms with E-state index in [1.165, 1.54) is 0 Å². The number of piperazine rings is 1. The zero-order valence-corrected chi connectivity index (χ0v) is 14.8. The van der Waals surface area contributed by atoms with Crippen molar-refractivity contribution in [2.45, 2.75) is 26.7 Å². The first-order valence-corrected chi connectivity index (χ1v) is 8.83. The molecule has 0 spiro atoms. The number of hydrogen-bond donors (Lipinski definition) is 1. The van der Waals surface area contributed by atoms with E-state index in [0.717, 1.165) is 51.3 Å². The number of rotatable bonds is 6. The highest BCUT2D eigenvalue weighted by atomic mass is 16.5. The normalized spacial score (nSPS) is 22.7. The van der Waals surface area contributed by atoms with Gasteiger partial charge in [0.15, 0.2) is 5.78 Å². The van der Waals surface area contributed by atoms with Crippen molar-refractivity contribution < 1.29 is 14.3 Å². The third kappa shape index (κ3) is 4.38. The van der Waals surface area contributed by atoms with Crippen LogP contribution in [0.15, 0.2) is 24.0 Å². The SMILES string of the molecule is C=C/C(=C(\C(C)=O)N1CCCC(C(=O)OCC)C1)N1CCNCC1. The Morgan fingerprint density at radius 2 is 1.96 bits per heavy atom. The van der Waals surface area contributed by atoms with E-state index in [-0.39, 0.29) is 17.7 Å². The molecular formula is C18H29N3O3. The van der Waals surface area contributed by atoms with Crippen LogP contribution in [0.1, 0.15) is 26.7 Å². The maximum absolute atomic E-state index is 12.4. The van der Waals surface area contributed by atoms with Crippen LogP contribution < -0.4 is 5.32 Å². The van der Waals surface area contributed by atoms with Crippen molar-refractivity contribution in [3.05, 3.63) is 24.0 Å². The van der Waals surface area contributed by atoms with E-state index in [0.29, 0.717) is 18.8 Å². The van der Waals surface area contributed by atoms with Gasteiger partial charge in [-0.05, 0) is 25.8 Å². The summed E-state index contributed by atoms with van der Waals surface area (Å²) in [6.07, 6.45) is 3.47. The molecule has 6 heteroatoms. The fraction of sp³-hybridized carbons (Fsp3) is 0.667. The highest BCUT2D eigenvalue weighted by Crippen LogP contribution is 2.25. The molecule has 0 aromatic carbocycles. The molecule has 2 aliphatic heterocycles. The summed E-state index contributed by atoms with van der Waals surface area (Å²) in [4.78, 5) is 28.7. The molecule has 0 aromatic rings. The number of nitrogens with one attached hydrogen (secondary N) is 1. The molecule has 2 rings (SSSR count). The quantitative estimate of drug-likeness (QED) is 0.446. The van der Waals surface area contributed by atoms with Gasteiger partial charge >= 0.3 is 5.97 Å². The van der Waals surface area contributed by atoms with Gasteiger partial charge in [0.25, 0.3) is 0 Å². The zero-order valence-electron chi connectivity index (χ0n) is 14.8.